The molecule has 18 heavy (non-hydrogen) atoms. The lowest BCUT2D eigenvalue weighted by atomic mass is 10.2. The molecule has 0 radical (unpaired) electrons. The quantitative estimate of drug-likeness (QED) is 0.659. The molecule has 0 aliphatic rings. The van der Waals surface area contributed by atoms with Gasteiger partial charge in [-0.15, -0.1) is 0 Å². The number of nitrogens with two attached hydrogens (primary N) is 1. The summed E-state index contributed by atoms with van der Waals surface area (Å²) in [6, 6.07) is 9.16. The fraction of sp³-hybridized carbons (Fsp3) is 0.0769. The van der Waals surface area contributed by atoms with Crippen molar-refractivity contribution in [3.05, 3.63) is 62.5 Å². The van der Waals surface area contributed by atoms with Crippen LogP contribution in [0.15, 0.2) is 45.8 Å². The number of rotatable bonds is 2. The van der Waals surface area contributed by atoms with E-state index in [1.165, 1.54) is 6.07 Å². The van der Waals surface area contributed by atoms with E-state index in [0.717, 1.165) is 15.9 Å². The number of pyridine rings is 1. The number of nitrogens with one attached hydrogen (secondary N) is 1. The van der Waals surface area contributed by atoms with Crippen LogP contribution in [-0.4, -0.2) is 10.4 Å². The summed E-state index contributed by atoms with van der Waals surface area (Å²) >= 11 is 3.37. The maximum Gasteiger partial charge on any atom is 0.192 e. The molecule has 3 N–H and O–H groups in total. The number of aromatic nitrogens is 1. The van der Waals surface area contributed by atoms with Gasteiger partial charge in [0.05, 0.1) is 5.56 Å². The SMILES string of the molecule is Cc1cc(=O)c(C(=N)N)cn1-c1ccc(Br)cc1. The van der Waals surface area contributed by atoms with E-state index in [0.29, 0.717) is 0 Å². The van der Waals surface area contributed by atoms with E-state index in [1.807, 2.05) is 35.8 Å². The van der Waals surface area contributed by atoms with Crippen LogP contribution < -0.4 is 11.2 Å². The van der Waals surface area contributed by atoms with Crippen LogP contribution in [0.1, 0.15) is 11.3 Å². The highest BCUT2D eigenvalue weighted by Gasteiger charge is 2.07. The summed E-state index contributed by atoms with van der Waals surface area (Å²) in [6.45, 7) is 1.84. The molecular formula is C13H12BrN3O. The van der Waals surface area contributed by atoms with Gasteiger partial charge in [-0.1, -0.05) is 15.9 Å². The Morgan fingerprint density at radius 1 is 1.33 bits per heavy atom. The lowest BCUT2D eigenvalue weighted by Crippen LogP contribution is -2.23. The second-order valence-electron chi connectivity index (χ2n) is 3.95. The average Bonchev–Trinajstić information content (AvgIpc) is 2.30. The number of hydrogen-bond donors (Lipinski definition) is 2. The Balaban J connectivity index is 2.64. The van der Waals surface area contributed by atoms with E-state index in [4.69, 9.17) is 11.1 Å². The van der Waals surface area contributed by atoms with Crippen LogP contribution in [0.3, 0.4) is 0 Å². The Labute approximate surface area is 113 Å². The number of halogens is 1. The second kappa shape index (κ2) is 4.78. The molecule has 0 aliphatic heterocycles. The number of amidine groups is 1. The van der Waals surface area contributed by atoms with Gasteiger partial charge in [0.25, 0.3) is 0 Å². The van der Waals surface area contributed by atoms with Gasteiger partial charge in [0.1, 0.15) is 5.84 Å². The Morgan fingerprint density at radius 3 is 2.50 bits per heavy atom. The summed E-state index contributed by atoms with van der Waals surface area (Å²) in [5.41, 5.74) is 7.09. The van der Waals surface area contributed by atoms with Crippen molar-refractivity contribution in [2.45, 2.75) is 6.92 Å². The van der Waals surface area contributed by atoms with Crippen LogP contribution in [0.4, 0.5) is 0 Å². The first-order chi connectivity index (χ1) is 8.49. The molecule has 0 unspecified atom stereocenters. The van der Waals surface area contributed by atoms with Crippen molar-refractivity contribution >= 4 is 21.8 Å². The monoisotopic (exact) mass is 305 g/mol. The summed E-state index contributed by atoms with van der Waals surface area (Å²) in [6.07, 6.45) is 1.60. The lowest BCUT2D eigenvalue weighted by Gasteiger charge is -2.12. The van der Waals surface area contributed by atoms with Gasteiger partial charge in [0, 0.05) is 28.1 Å². The molecule has 0 saturated heterocycles. The van der Waals surface area contributed by atoms with Crippen molar-refractivity contribution in [3.8, 4) is 5.69 Å². The van der Waals surface area contributed by atoms with Gasteiger partial charge in [0.2, 0.25) is 0 Å². The molecule has 5 heteroatoms. The maximum absolute atomic E-state index is 11.7. The molecule has 2 rings (SSSR count). The van der Waals surface area contributed by atoms with Gasteiger partial charge < -0.3 is 10.3 Å². The molecule has 0 amide bonds. The zero-order valence-electron chi connectivity index (χ0n) is 9.77. The van der Waals surface area contributed by atoms with Gasteiger partial charge in [-0.05, 0) is 31.2 Å². The van der Waals surface area contributed by atoms with Gasteiger partial charge >= 0.3 is 0 Å². The van der Waals surface area contributed by atoms with E-state index in [2.05, 4.69) is 15.9 Å². The third kappa shape index (κ3) is 2.36. The van der Waals surface area contributed by atoms with Crippen LogP contribution in [0, 0.1) is 12.3 Å². The average molecular weight is 306 g/mol. The van der Waals surface area contributed by atoms with Crippen molar-refractivity contribution in [2.75, 3.05) is 0 Å². The molecule has 1 heterocycles. The summed E-state index contributed by atoms with van der Waals surface area (Å²) in [7, 11) is 0. The molecule has 1 aromatic carbocycles. The molecule has 0 fully saturated rings. The maximum atomic E-state index is 11.7. The van der Waals surface area contributed by atoms with Crippen molar-refractivity contribution in [2.24, 2.45) is 5.73 Å². The summed E-state index contributed by atoms with van der Waals surface area (Å²) < 4.78 is 2.82. The molecular weight excluding hydrogens is 294 g/mol. The minimum absolute atomic E-state index is 0.212. The van der Waals surface area contributed by atoms with Gasteiger partial charge in [-0.3, -0.25) is 10.2 Å². The van der Waals surface area contributed by atoms with Gasteiger partial charge in [0.15, 0.2) is 5.43 Å². The Kier molecular flexibility index (Phi) is 3.34. The van der Waals surface area contributed by atoms with Crippen LogP contribution in [0.2, 0.25) is 0 Å². The van der Waals surface area contributed by atoms with Crippen LogP contribution >= 0.6 is 15.9 Å². The molecule has 2 aromatic rings. The zero-order chi connectivity index (χ0) is 13.3. The molecule has 0 aliphatic carbocycles. The predicted molar refractivity (Wildman–Crippen MR) is 75.5 cm³/mol. The third-order valence-corrected chi connectivity index (χ3v) is 3.17. The molecule has 0 spiro atoms. The van der Waals surface area contributed by atoms with Gasteiger partial charge in [-0.25, -0.2) is 0 Å². The van der Waals surface area contributed by atoms with E-state index in [1.54, 1.807) is 6.20 Å². The summed E-state index contributed by atoms with van der Waals surface area (Å²) in [5.74, 6) is -0.217. The molecule has 1 aromatic heterocycles. The topological polar surface area (TPSA) is 71.9 Å². The summed E-state index contributed by atoms with van der Waals surface area (Å²) in [5, 5.41) is 7.40. The molecule has 92 valence electrons. The third-order valence-electron chi connectivity index (χ3n) is 2.64. The minimum atomic E-state index is -0.228. The Hall–Kier alpha value is -1.88. The molecule has 0 bridgehead atoms. The van der Waals surface area contributed by atoms with Crippen molar-refractivity contribution in [1.82, 2.24) is 4.57 Å². The lowest BCUT2D eigenvalue weighted by molar-refractivity contribution is 0.968. The fourth-order valence-electron chi connectivity index (χ4n) is 1.71. The highest BCUT2D eigenvalue weighted by molar-refractivity contribution is 9.10. The van der Waals surface area contributed by atoms with Gasteiger partial charge in [-0.2, -0.15) is 0 Å². The predicted octanol–water partition coefficient (Wildman–Crippen LogP) is 2.19. The molecule has 4 nitrogen and oxygen atoms in total. The fourth-order valence-corrected chi connectivity index (χ4v) is 1.98. The normalized spacial score (nSPS) is 10.3. The molecule has 0 saturated carbocycles. The Morgan fingerprint density at radius 2 is 1.94 bits per heavy atom. The van der Waals surface area contributed by atoms with Crippen LogP contribution in [-0.2, 0) is 0 Å². The van der Waals surface area contributed by atoms with E-state index < -0.39 is 0 Å². The van der Waals surface area contributed by atoms with Crippen molar-refractivity contribution in [3.63, 3.8) is 0 Å². The van der Waals surface area contributed by atoms with E-state index >= 15 is 0 Å². The highest BCUT2D eigenvalue weighted by atomic mass is 79.9. The van der Waals surface area contributed by atoms with Crippen molar-refractivity contribution < 1.29 is 0 Å². The van der Waals surface area contributed by atoms with Crippen molar-refractivity contribution in [1.29, 1.82) is 5.41 Å². The first-order valence-electron chi connectivity index (χ1n) is 5.32. The largest absolute Gasteiger partial charge is 0.384 e. The Bertz CT molecular complexity index is 659. The number of hydrogen-bond acceptors (Lipinski definition) is 2. The number of aryl methyl sites for hydroxylation is 1. The number of benzene rings is 1. The zero-order valence-corrected chi connectivity index (χ0v) is 11.4. The second-order valence-corrected chi connectivity index (χ2v) is 4.87. The molecule has 0 atom stereocenters. The summed E-state index contributed by atoms with van der Waals surface area (Å²) in [4.78, 5) is 11.7. The number of nitrogen functional groups attached to an aromatic ring is 1. The van der Waals surface area contributed by atoms with Crippen LogP contribution in [0.25, 0.3) is 5.69 Å². The van der Waals surface area contributed by atoms with E-state index in [-0.39, 0.29) is 16.8 Å². The first kappa shape index (κ1) is 12.6. The minimum Gasteiger partial charge on any atom is -0.384 e. The number of nitrogens with zero attached hydrogens (tertiary/aromatic N) is 1. The standard InChI is InChI=1S/C13H12BrN3O/c1-8-6-12(18)11(13(15)16)7-17(8)10-4-2-9(14)3-5-10/h2-7H,1H3,(H3,15,16). The van der Waals surface area contributed by atoms with E-state index in [9.17, 15) is 4.79 Å². The highest BCUT2D eigenvalue weighted by Crippen LogP contribution is 2.15. The smallest absolute Gasteiger partial charge is 0.192 e. The van der Waals surface area contributed by atoms with Crippen LogP contribution in [0.5, 0.6) is 0 Å². The first-order valence-corrected chi connectivity index (χ1v) is 6.12.